The van der Waals surface area contributed by atoms with Gasteiger partial charge in [0.15, 0.2) is 0 Å². The molecule has 1 atom stereocenters. The molecule has 1 nitrogen and oxygen atoms in total. The van der Waals surface area contributed by atoms with Crippen LogP contribution in [0.4, 0.5) is 17.6 Å². The van der Waals surface area contributed by atoms with Gasteiger partial charge in [-0.15, -0.1) is 0 Å². The van der Waals surface area contributed by atoms with E-state index in [1.54, 1.807) is 30.3 Å². The van der Waals surface area contributed by atoms with E-state index in [9.17, 15) is 22.4 Å². The molecule has 0 saturated heterocycles. The fraction of sp³-hybridized carbons (Fsp3) is 0.136. The molecular formula is C22H16F4O. The van der Waals surface area contributed by atoms with Crippen LogP contribution in [-0.2, 0) is 16.4 Å². The predicted octanol–water partition coefficient (Wildman–Crippen LogP) is 5.77. The lowest BCUT2D eigenvalue weighted by atomic mass is 9.67. The summed E-state index contributed by atoms with van der Waals surface area (Å²) in [5, 5.41) is 0. The average molecular weight is 372 g/mol. The lowest BCUT2D eigenvalue weighted by Crippen LogP contribution is -2.37. The van der Waals surface area contributed by atoms with Crippen molar-refractivity contribution >= 4 is 5.78 Å². The normalized spacial score (nSPS) is 13.8. The third-order valence-corrected chi connectivity index (χ3v) is 4.66. The van der Waals surface area contributed by atoms with Crippen LogP contribution >= 0.6 is 0 Å². The minimum Gasteiger partial charge on any atom is -0.298 e. The van der Waals surface area contributed by atoms with Gasteiger partial charge in [-0.05, 0) is 47.9 Å². The minimum absolute atomic E-state index is 0.278. The molecule has 0 aliphatic rings. The van der Waals surface area contributed by atoms with E-state index < -0.39 is 23.0 Å². The van der Waals surface area contributed by atoms with Crippen molar-refractivity contribution in [3.05, 3.63) is 107 Å². The topological polar surface area (TPSA) is 17.1 Å². The Morgan fingerprint density at radius 3 is 1.52 bits per heavy atom. The van der Waals surface area contributed by atoms with Crippen molar-refractivity contribution in [3.8, 4) is 0 Å². The summed E-state index contributed by atoms with van der Waals surface area (Å²) in [7, 11) is 0. The van der Waals surface area contributed by atoms with E-state index in [-0.39, 0.29) is 5.78 Å². The van der Waals surface area contributed by atoms with Gasteiger partial charge in [-0.25, -0.2) is 4.39 Å². The highest BCUT2D eigenvalue weighted by molar-refractivity contribution is 5.96. The van der Waals surface area contributed by atoms with Gasteiger partial charge in [0.2, 0.25) is 0 Å². The Morgan fingerprint density at radius 2 is 1.07 bits per heavy atom. The smallest absolute Gasteiger partial charge is 0.298 e. The van der Waals surface area contributed by atoms with Gasteiger partial charge in [0.1, 0.15) is 17.0 Å². The SMILES string of the molecule is CC(=O)C(c1ccccc1)(c1ccc(F)cc1)c1ccc(C(F)(F)F)cc1. The fourth-order valence-electron chi connectivity index (χ4n) is 3.41. The number of benzene rings is 3. The molecule has 5 heteroatoms. The number of Topliss-reactive ketones (excluding diaryl/α,β-unsaturated/α-hetero) is 1. The molecule has 0 heterocycles. The summed E-state index contributed by atoms with van der Waals surface area (Å²) in [6.07, 6.45) is -4.47. The van der Waals surface area contributed by atoms with Gasteiger partial charge in [-0.3, -0.25) is 4.79 Å². The van der Waals surface area contributed by atoms with E-state index in [2.05, 4.69) is 0 Å². The molecule has 0 aliphatic carbocycles. The van der Waals surface area contributed by atoms with Gasteiger partial charge >= 0.3 is 6.18 Å². The molecule has 1 unspecified atom stereocenters. The molecule has 0 amide bonds. The molecule has 3 aromatic rings. The van der Waals surface area contributed by atoms with Gasteiger partial charge in [-0.2, -0.15) is 13.2 Å². The number of carbonyl (C=O) groups is 1. The zero-order valence-electron chi connectivity index (χ0n) is 14.4. The van der Waals surface area contributed by atoms with E-state index in [4.69, 9.17) is 0 Å². The second-order valence-electron chi connectivity index (χ2n) is 6.25. The molecule has 0 saturated carbocycles. The van der Waals surface area contributed by atoms with E-state index in [1.165, 1.54) is 43.3 Å². The number of carbonyl (C=O) groups excluding carboxylic acids is 1. The summed E-state index contributed by atoms with van der Waals surface area (Å²) in [6, 6.07) is 18.7. The molecular weight excluding hydrogens is 356 g/mol. The van der Waals surface area contributed by atoms with Gasteiger partial charge in [0, 0.05) is 0 Å². The van der Waals surface area contributed by atoms with Crippen molar-refractivity contribution in [1.82, 2.24) is 0 Å². The number of hydrogen-bond acceptors (Lipinski definition) is 1. The Bertz CT molecular complexity index is 929. The maximum absolute atomic E-state index is 13.5. The molecule has 0 aromatic heterocycles. The molecule has 0 aliphatic heterocycles. The lowest BCUT2D eigenvalue weighted by Gasteiger charge is -2.33. The molecule has 3 aromatic carbocycles. The quantitative estimate of drug-likeness (QED) is 0.420. The van der Waals surface area contributed by atoms with E-state index in [0.29, 0.717) is 16.7 Å². The first-order valence-electron chi connectivity index (χ1n) is 8.26. The van der Waals surface area contributed by atoms with Gasteiger partial charge in [0.05, 0.1) is 5.56 Å². The molecule has 0 N–H and O–H groups in total. The largest absolute Gasteiger partial charge is 0.416 e. The fourth-order valence-corrected chi connectivity index (χ4v) is 3.41. The first kappa shape index (κ1) is 18.8. The molecule has 3 rings (SSSR count). The van der Waals surface area contributed by atoms with Gasteiger partial charge < -0.3 is 0 Å². The zero-order valence-corrected chi connectivity index (χ0v) is 14.4. The van der Waals surface area contributed by atoms with Crippen LogP contribution in [0.5, 0.6) is 0 Å². The predicted molar refractivity (Wildman–Crippen MR) is 94.8 cm³/mol. The number of hydrogen-bond donors (Lipinski definition) is 0. The van der Waals surface area contributed by atoms with Crippen LogP contribution in [-0.4, -0.2) is 5.78 Å². The summed E-state index contributed by atoms with van der Waals surface area (Å²) in [5.74, 6) is -0.739. The standard InChI is InChI=1S/C22H16F4O/c1-15(27)21(16-5-3-2-4-6-16,18-11-13-20(23)14-12-18)17-7-9-19(10-8-17)22(24,25)26/h2-14H,1H3. The summed E-state index contributed by atoms with van der Waals surface area (Å²) >= 11 is 0. The highest BCUT2D eigenvalue weighted by Crippen LogP contribution is 2.41. The maximum Gasteiger partial charge on any atom is 0.416 e. The summed E-state index contributed by atoms with van der Waals surface area (Å²) < 4.78 is 52.3. The Morgan fingerprint density at radius 1 is 0.667 bits per heavy atom. The summed E-state index contributed by atoms with van der Waals surface area (Å²) in [6.45, 7) is 1.38. The van der Waals surface area contributed by atoms with Crippen molar-refractivity contribution in [1.29, 1.82) is 0 Å². The monoisotopic (exact) mass is 372 g/mol. The number of ketones is 1. The highest BCUT2D eigenvalue weighted by atomic mass is 19.4. The van der Waals surface area contributed by atoms with Crippen LogP contribution in [0, 0.1) is 5.82 Å². The molecule has 0 bridgehead atoms. The third kappa shape index (κ3) is 3.37. The van der Waals surface area contributed by atoms with Crippen molar-refractivity contribution in [3.63, 3.8) is 0 Å². The summed E-state index contributed by atoms with van der Waals surface area (Å²) in [4.78, 5) is 12.9. The van der Waals surface area contributed by atoms with Crippen LogP contribution < -0.4 is 0 Å². The van der Waals surface area contributed by atoms with Gasteiger partial charge in [0.25, 0.3) is 0 Å². The molecule has 27 heavy (non-hydrogen) atoms. The van der Waals surface area contributed by atoms with Crippen molar-refractivity contribution in [2.75, 3.05) is 0 Å². The molecule has 0 fully saturated rings. The van der Waals surface area contributed by atoms with Crippen LogP contribution in [0.1, 0.15) is 29.2 Å². The van der Waals surface area contributed by atoms with Crippen molar-refractivity contribution < 1.29 is 22.4 Å². The molecule has 0 spiro atoms. The Hall–Kier alpha value is -2.95. The Balaban J connectivity index is 2.30. The number of rotatable bonds is 4. The number of halogens is 4. The highest BCUT2D eigenvalue weighted by Gasteiger charge is 2.41. The first-order valence-corrected chi connectivity index (χ1v) is 8.26. The van der Waals surface area contributed by atoms with Crippen LogP contribution in [0.15, 0.2) is 78.9 Å². The van der Waals surface area contributed by atoms with Crippen LogP contribution in [0.2, 0.25) is 0 Å². The van der Waals surface area contributed by atoms with E-state index in [1.807, 2.05) is 0 Å². The van der Waals surface area contributed by atoms with E-state index >= 15 is 0 Å². The van der Waals surface area contributed by atoms with E-state index in [0.717, 1.165) is 12.1 Å². The van der Waals surface area contributed by atoms with Crippen LogP contribution in [0.3, 0.4) is 0 Å². The minimum atomic E-state index is -4.47. The number of alkyl halides is 3. The van der Waals surface area contributed by atoms with Gasteiger partial charge in [-0.1, -0.05) is 54.6 Å². The Labute approximate surface area is 154 Å². The van der Waals surface area contributed by atoms with Crippen LogP contribution in [0.25, 0.3) is 0 Å². The zero-order chi connectivity index (χ0) is 19.7. The van der Waals surface area contributed by atoms with Crippen molar-refractivity contribution in [2.45, 2.75) is 18.5 Å². The Kier molecular flexibility index (Phi) is 4.87. The molecule has 0 radical (unpaired) electrons. The lowest BCUT2D eigenvalue weighted by molar-refractivity contribution is -0.137. The first-order chi connectivity index (χ1) is 12.8. The molecule has 138 valence electrons. The third-order valence-electron chi connectivity index (χ3n) is 4.66. The second kappa shape index (κ2) is 6.99. The average Bonchev–Trinajstić information content (AvgIpc) is 2.64. The second-order valence-corrected chi connectivity index (χ2v) is 6.25. The summed E-state index contributed by atoms with van der Waals surface area (Å²) in [5.41, 5.74) is -0.651. The maximum atomic E-state index is 13.5. The van der Waals surface area contributed by atoms with Crippen molar-refractivity contribution in [2.24, 2.45) is 0 Å².